The summed E-state index contributed by atoms with van der Waals surface area (Å²) in [6.07, 6.45) is 1.07. The molecular weight excluding hydrogens is 470 g/mol. The molecule has 1 amide bonds. The third kappa shape index (κ3) is 4.83. The monoisotopic (exact) mass is 491 g/mol. The van der Waals surface area contributed by atoms with Crippen molar-refractivity contribution < 1.29 is 26.4 Å². The number of sulfone groups is 1. The maximum Gasteiger partial charge on any atom is 0.256 e. The lowest BCUT2D eigenvalue weighted by molar-refractivity contribution is 0.0730. The van der Waals surface area contributed by atoms with Crippen molar-refractivity contribution >= 4 is 42.4 Å². The molecule has 2 N–H and O–H groups in total. The first kappa shape index (κ1) is 23.1. The number of fused-ring (bicyclic) bond motifs is 1. The van der Waals surface area contributed by atoms with Crippen LogP contribution in [0.3, 0.4) is 0 Å². The van der Waals surface area contributed by atoms with E-state index in [0.29, 0.717) is 24.4 Å². The molecule has 0 unspecified atom stereocenters. The summed E-state index contributed by atoms with van der Waals surface area (Å²) in [5.41, 5.74) is 0.0859. The van der Waals surface area contributed by atoms with Gasteiger partial charge in [-0.1, -0.05) is 0 Å². The largest absolute Gasteiger partial charge is 0.379 e. The van der Waals surface area contributed by atoms with Crippen LogP contribution in [0.15, 0.2) is 63.1 Å². The zero-order valence-corrected chi connectivity index (χ0v) is 19.2. The van der Waals surface area contributed by atoms with Crippen LogP contribution in [0.1, 0.15) is 10.4 Å². The molecule has 1 saturated heterocycles. The van der Waals surface area contributed by atoms with Crippen LogP contribution in [0.4, 0.5) is 5.69 Å². The number of pyridine rings is 1. The van der Waals surface area contributed by atoms with Gasteiger partial charge < -0.3 is 15.0 Å². The number of carbonyl (C=O) groups is 1. The van der Waals surface area contributed by atoms with Crippen LogP contribution in [0.2, 0.25) is 0 Å². The molecule has 0 radical (unpaired) electrons. The van der Waals surface area contributed by atoms with Gasteiger partial charge in [0.1, 0.15) is 0 Å². The summed E-state index contributed by atoms with van der Waals surface area (Å²) in [7, 11) is -7.20. The van der Waals surface area contributed by atoms with Gasteiger partial charge >= 0.3 is 0 Å². The zero-order chi connectivity index (χ0) is 23.8. The van der Waals surface area contributed by atoms with E-state index in [9.17, 15) is 26.4 Å². The summed E-state index contributed by atoms with van der Waals surface area (Å²) in [6.45, 7) is 1.05. The number of nitrogens with one attached hydrogen (secondary N) is 2. The molecule has 1 aromatic heterocycles. The van der Waals surface area contributed by atoms with Gasteiger partial charge in [-0.3, -0.25) is 9.59 Å². The molecule has 174 valence electrons. The highest BCUT2D eigenvalue weighted by molar-refractivity contribution is 7.90. The molecule has 1 fully saturated rings. The first-order valence-corrected chi connectivity index (χ1v) is 13.3. The predicted molar refractivity (Wildman–Crippen MR) is 122 cm³/mol. The molecule has 1 aliphatic heterocycles. The van der Waals surface area contributed by atoms with Crippen LogP contribution in [-0.4, -0.2) is 64.6 Å². The number of aromatic amines is 1. The van der Waals surface area contributed by atoms with Gasteiger partial charge in [0, 0.05) is 42.0 Å². The number of anilines is 1. The first-order valence-electron chi connectivity index (χ1n) is 9.92. The summed E-state index contributed by atoms with van der Waals surface area (Å²) in [5, 5.41) is 2.87. The third-order valence-corrected chi connectivity index (χ3v) is 8.23. The molecular formula is C21H21N3O7S2. The third-order valence-electron chi connectivity index (χ3n) is 5.21. The molecule has 1 aliphatic rings. The lowest BCUT2D eigenvalue weighted by Gasteiger charge is -2.26. The summed E-state index contributed by atoms with van der Waals surface area (Å²) >= 11 is 0. The second kappa shape index (κ2) is 8.71. The Kier molecular flexibility index (Phi) is 6.10. The van der Waals surface area contributed by atoms with Gasteiger partial charge in [0.2, 0.25) is 15.6 Å². The maximum atomic E-state index is 13.0. The van der Waals surface area contributed by atoms with Crippen molar-refractivity contribution in [1.29, 1.82) is 0 Å². The van der Waals surface area contributed by atoms with Crippen LogP contribution in [0, 0.1) is 0 Å². The SMILES string of the molecule is CS(=O)(=O)c1ccc(NC(=O)c2cc(=O)[nH]c3ccc(S(=O)(=O)N4CCOCC4)cc23)cc1. The van der Waals surface area contributed by atoms with Crippen molar-refractivity contribution in [1.82, 2.24) is 9.29 Å². The minimum absolute atomic E-state index is 0.00416. The first-order chi connectivity index (χ1) is 15.6. The Balaban J connectivity index is 1.71. The molecule has 33 heavy (non-hydrogen) atoms. The van der Waals surface area contributed by atoms with Gasteiger partial charge in [-0.25, -0.2) is 16.8 Å². The second-order valence-corrected chi connectivity index (χ2v) is 11.5. The highest BCUT2D eigenvalue weighted by atomic mass is 32.2. The number of nitrogens with zero attached hydrogens (tertiary/aromatic N) is 1. The summed E-state index contributed by atoms with van der Waals surface area (Å²) in [5.74, 6) is -0.640. The quantitative estimate of drug-likeness (QED) is 0.546. The number of ether oxygens (including phenoxy) is 1. The van der Waals surface area contributed by atoms with E-state index >= 15 is 0 Å². The molecule has 4 rings (SSSR count). The van der Waals surface area contributed by atoms with Crippen molar-refractivity contribution in [3.63, 3.8) is 0 Å². The molecule has 0 saturated carbocycles. The highest BCUT2D eigenvalue weighted by Crippen LogP contribution is 2.24. The number of sulfonamides is 1. The van der Waals surface area contributed by atoms with E-state index in [1.165, 1.54) is 46.8 Å². The molecule has 0 aliphatic carbocycles. The number of rotatable bonds is 5. The molecule has 0 atom stereocenters. The highest BCUT2D eigenvalue weighted by Gasteiger charge is 2.27. The Morgan fingerprint density at radius 1 is 0.970 bits per heavy atom. The molecule has 2 aromatic carbocycles. The minimum Gasteiger partial charge on any atom is -0.379 e. The summed E-state index contributed by atoms with van der Waals surface area (Å²) < 4.78 is 55.8. The zero-order valence-electron chi connectivity index (χ0n) is 17.6. The Bertz CT molecular complexity index is 1490. The van der Waals surface area contributed by atoms with E-state index in [1.807, 2.05) is 0 Å². The van der Waals surface area contributed by atoms with Gasteiger partial charge in [-0.15, -0.1) is 0 Å². The Morgan fingerprint density at radius 3 is 2.24 bits per heavy atom. The number of benzene rings is 2. The smallest absolute Gasteiger partial charge is 0.256 e. The maximum absolute atomic E-state index is 13.0. The lowest BCUT2D eigenvalue weighted by Crippen LogP contribution is -2.40. The number of amides is 1. The fourth-order valence-corrected chi connectivity index (χ4v) is 5.57. The summed E-state index contributed by atoms with van der Waals surface area (Å²) in [4.78, 5) is 27.8. The van der Waals surface area contributed by atoms with Crippen LogP contribution < -0.4 is 10.9 Å². The van der Waals surface area contributed by atoms with Gasteiger partial charge in [0.05, 0.1) is 28.6 Å². The van der Waals surface area contributed by atoms with Crippen LogP contribution in [0.25, 0.3) is 10.9 Å². The summed E-state index contributed by atoms with van der Waals surface area (Å²) in [6, 6.07) is 10.8. The molecule has 2 heterocycles. The molecule has 0 bridgehead atoms. The molecule has 0 spiro atoms. The Morgan fingerprint density at radius 2 is 1.61 bits per heavy atom. The number of hydrogen-bond acceptors (Lipinski definition) is 7. The second-order valence-electron chi connectivity index (χ2n) is 7.52. The predicted octanol–water partition coefficient (Wildman–Crippen LogP) is 1.20. The molecule has 10 nitrogen and oxygen atoms in total. The number of H-pyrrole nitrogens is 1. The van der Waals surface area contributed by atoms with E-state index in [-0.39, 0.29) is 33.8 Å². The van der Waals surface area contributed by atoms with Gasteiger partial charge in [0.15, 0.2) is 9.84 Å². The minimum atomic E-state index is -3.81. The van der Waals surface area contributed by atoms with Crippen molar-refractivity contribution in [2.45, 2.75) is 9.79 Å². The number of aromatic nitrogens is 1. The van der Waals surface area contributed by atoms with Crippen molar-refractivity contribution in [3.8, 4) is 0 Å². The Hall–Kier alpha value is -3.06. The van der Waals surface area contributed by atoms with Crippen LogP contribution in [-0.2, 0) is 24.6 Å². The standard InChI is InChI=1S/C21H21N3O7S2/c1-32(27,28)15-4-2-14(3-5-15)22-21(26)18-13-20(25)23-19-7-6-16(12-17(18)19)33(29,30)24-8-10-31-11-9-24/h2-7,12-13H,8-11H2,1H3,(H,22,26)(H,23,25). The van der Waals surface area contributed by atoms with E-state index in [0.717, 1.165) is 12.3 Å². The molecule has 3 aromatic rings. The van der Waals surface area contributed by atoms with E-state index < -0.39 is 31.3 Å². The van der Waals surface area contributed by atoms with Crippen molar-refractivity contribution in [2.75, 3.05) is 37.9 Å². The van der Waals surface area contributed by atoms with E-state index in [1.54, 1.807) is 0 Å². The van der Waals surface area contributed by atoms with Gasteiger partial charge in [0.25, 0.3) is 5.91 Å². The van der Waals surface area contributed by atoms with Crippen LogP contribution in [0.5, 0.6) is 0 Å². The number of carbonyl (C=O) groups excluding carboxylic acids is 1. The number of morpholine rings is 1. The molecule has 12 heteroatoms. The van der Waals surface area contributed by atoms with E-state index in [4.69, 9.17) is 4.74 Å². The van der Waals surface area contributed by atoms with Crippen molar-refractivity contribution in [3.05, 3.63) is 64.4 Å². The fourth-order valence-electron chi connectivity index (χ4n) is 3.50. The van der Waals surface area contributed by atoms with Crippen LogP contribution >= 0.6 is 0 Å². The normalized spacial score (nSPS) is 15.4. The van der Waals surface area contributed by atoms with E-state index in [2.05, 4.69) is 10.3 Å². The van der Waals surface area contributed by atoms with Gasteiger partial charge in [-0.05, 0) is 42.5 Å². The fraction of sp³-hybridized carbons (Fsp3) is 0.238. The average Bonchev–Trinajstić information content (AvgIpc) is 2.78. The lowest BCUT2D eigenvalue weighted by atomic mass is 10.1. The average molecular weight is 492 g/mol. The van der Waals surface area contributed by atoms with Gasteiger partial charge in [-0.2, -0.15) is 4.31 Å². The number of hydrogen-bond donors (Lipinski definition) is 2. The van der Waals surface area contributed by atoms with Crippen molar-refractivity contribution in [2.24, 2.45) is 0 Å². The topological polar surface area (TPSA) is 143 Å². The Labute approximate surface area is 190 Å².